The van der Waals surface area contributed by atoms with E-state index in [1.54, 1.807) is 43.4 Å². The highest BCUT2D eigenvalue weighted by atomic mass is 35.5. The van der Waals surface area contributed by atoms with Crippen molar-refractivity contribution in [2.75, 3.05) is 53.6 Å². The fourth-order valence-electron chi connectivity index (χ4n) is 7.75. The Morgan fingerprint density at radius 2 is 1.22 bits per heavy atom. The van der Waals surface area contributed by atoms with E-state index >= 15 is 0 Å². The molecular formula is C47H57ClN4O6. The molecule has 6 rings (SSSR count). The van der Waals surface area contributed by atoms with Gasteiger partial charge < -0.3 is 33.9 Å². The average molecular weight is 809 g/mol. The molecule has 4 aromatic rings. The summed E-state index contributed by atoms with van der Waals surface area (Å²) in [5, 5.41) is 21.7. The molecule has 2 aliphatic rings. The molecule has 10 nitrogen and oxygen atoms in total. The van der Waals surface area contributed by atoms with Crippen molar-refractivity contribution in [1.29, 1.82) is 10.5 Å². The number of hydrogen-bond acceptors (Lipinski definition) is 9. The lowest BCUT2D eigenvalue weighted by atomic mass is 9.69. The molecule has 0 spiro atoms. The maximum absolute atomic E-state index is 12.8. The van der Waals surface area contributed by atoms with Crippen LogP contribution in [0.1, 0.15) is 81.5 Å². The molecule has 4 atom stereocenters. The maximum Gasteiger partial charge on any atom is 0.410 e. The second-order valence-electron chi connectivity index (χ2n) is 16.5. The van der Waals surface area contributed by atoms with Crippen molar-refractivity contribution in [3.63, 3.8) is 0 Å². The van der Waals surface area contributed by atoms with Crippen LogP contribution < -0.4 is 24.3 Å². The van der Waals surface area contributed by atoms with E-state index in [9.17, 15) is 10.1 Å². The first-order valence-corrected chi connectivity index (χ1v) is 19.5. The minimum absolute atomic E-state index is 0. The number of likely N-dealkylation sites (tertiary alicyclic amines) is 1. The molecule has 4 aromatic carbocycles. The zero-order valence-electron chi connectivity index (χ0n) is 34.7. The normalized spacial score (nSPS) is 21.4. The van der Waals surface area contributed by atoms with Crippen molar-refractivity contribution in [3.8, 4) is 35.1 Å². The van der Waals surface area contributed by atoms with Gasteiger partial charge >= 0.3 is 6.09 Å². The van der Waals surface area contributed by atoms with Gasteiger partial charge in [-0.25, -0.2) is 4.79 Å². The molecule has 58 heavy (non-hydrogen) atoms. The van der Waals surface area contributed by atoms with Crippen molar-refractivity contribution >= 4 is 18.5 Å². The Balaban J connectivity index is 0.000000259. The largest absolute Gasteiger partial charge is 0.497 e. The number of halogens is 1. The Morgan fingerprint density at radius 3 is 1.69 bits per heavy atom. The third-order valence-corrected chi connectivity index (χ3v) is 10.8. The molecule has 0 aromatic heterocycles. The van der Waals surface area contributed by atoms with Crippen molar-refractivity contribution in [2.24, 2.45) is 10.8 Å². The number of rotatable bonds is 10. The Morgan fingerprint density at radius 1 is 0.741 bits per heavy atom. The number of nitrogens with one attached hydrogen (secondary N) is 1. The van der Waals surface area contributed by atoms with Gasteiger partial charge in [0, 0.05) is 30.5 Å². The van der Waals surface area contributed by atoms with E-state index in [1.807, 2.05) is 69.3 Å². The molecule has 2 heterocycles. The standard InChI is InChI=1S/C26H32N2O4.C21H24N2O2.ClH/c1-25(2,3)32-24(29)28-14-13-23(20-9-11-21(30-5)12-10-20)26(4,17-28)18-31-22-8-6-7-19(15-22)16-27;1-21(15-25-19-5-3-4-16(12-19)13-22)14-23-11-10-20(21)17-6-8-18(24-2)9-7-17;/h6-12,15,23H,13-14,17-18H2,1-5H3;3-9,12,20,23H,10-11,14-15H2,1-2H3;1H/t23-,26+;20-,21+;/m00./s1. The summed E-state index contributed by atoms with van der Waals surface area (Å²) >= 11 is 0. The van der Waals surface area contributed by atoms with Crippen LogP contribution in [0, 0.1) is 33.5 Å². The minimum atomic E-state index is -0.547. The Bertz CT molecular complexity index is 2020. The fourth-order valence-corrected chi connectivity index (χ4v) is 7.75. The summed E-state index contributed by atoms with van der Waals surface area (Å²) in [6, 6.07) is 35.2. The molecule has 1 amide bonds. The lowest BCUT2D eigenvalue weighted by Gasteiger charge is -2.46. The summed E-state index contributed by atoms with van der Waals surface area (Å²) in [4.78, 5) is 14.6. The second-order valence-corrected chi connectivity index (χ2v) is 16.5. The summed E-state index contributed by atoms with van der Waals surface area (Å²) in [6.45, 7) is 14.1. The van der Waals surface area contributed by atoms with Gasteiger partial charge in [0.15, 0.2) is 0 Å². The van der Waals surface area contributed by atoms with E-state index in [-0.39, 0.29) is 35.2 Å². The molecule has 0 saturated carbocycles. The van der Waals surface area contributed by atoms with E-state index in [1.165, 1.54) is 11.1 Å². The SMILES string of the molecule is COc1ccc([C@@H]2CCN(C(=O)OC(C)(C)C)C[C@]2(C)COc2cccc(C#N)c2)cc1.COc1ccc([C@@H]2CCNC[C@]2(C)COc2cccc(C#N)c2)cc1.Cl. The number of amides is 1. The first-order valence-electron chi connectivity index (χ1n) is 19.5. The first-order chi connectivity index (χ1) is 27.3. The van der Waals surface area contributed by atoms with Crippen LogP contribution in [0.3, 0.4) is 0 Å². The molecule has 0 aliphatic carbocycles. The average Bonchev–Trinajstić information content (AvgIpc) is 3.22. The van der Waals surface area contributed by atoms with Gasteiger partial charge in [-0.1, -0.05) is 50.2 Å². The highest BCUT2D eigenvalue weighted by Crippen LogP contribution is 2.44. The minimum Gasteiger partial charge on any atom is -0.497 e. The van der Waals surface area contributed by atoms with Gasteiger partial charge in [-0.15, -0.1) is 12.4 Å². The molecule has 308 valence electrons. The molecule has 2 fully saturated rings. The molecule has 0 unspecified atom stereocenters. The smallest absolute Gasteiger partial charge is 0.410 e. The molecule has 0 radical (unpaired) electrons. The van der Waals surface area contributed by atoms with Crippen LogP contribution in [0.25, 0.3) is 0 Å². The number of carbonyl (C=O) groups is 1. The summed E-state index contributed by atoms with van der Waals surface area (Å²) in [6.07, 6.45) is 1.57. The molecule has 11 heteroatoms. The van der Waals surface area contributed by atoms with Gasteiger partial charge in [0.25, 0.3) is 0 Å². The predicted octanol–water partition coefficient (Wildman–Crippen LogP) is 9.53. The summed E-state index contributed by atoms with van der Waals surface area (Å²) < 4.78 is 28.4. The van der Waals surface area contributed by atoms with Gasteiger partial charge in [0.1, 0.15) is 28.6 Å². The van der Waals surface area contributed by atoms with Gasteiger partial charge in [-0.05, 0) is 124 Å². The van der Waals surface area contributed by atoms with Gasteiger partial charge in [0.2, 0.25) is 0 Å². The number of methoxy groups -OCH3 is 2. The van der Waals surface area contributed by atoms with Gasteiger partial charge in [-0.2, -0.15) is 10.5 Å². The Hall–Kier alpha value is -5.42. The molecule has 1 N–H and O–H groups in total. The van der Waals surface area contributed by atoms with Crippen molar-refractivity contribution in [2.45, 2.75) is 64.9 Å². The lowest BCUT2D eigenvalue weighted by Crippen LogP contribution is -2.52. The van der Waals surface area contributed by atoms with Crippen LogP contribution in [-0.4, -0.2) is 70.2 Å². The number of hydrogen-bond donors (Lipinski definition) is 1. The maximum atomic E-state index is 12.8. The summed E-state index contributed by atoms with van der Waals surface area (Å²) in [7, 11) is 3.34. The quantitative estimate of drug-likeness (QED) is 0.167. The van der Waals surface area contributed by atoms with Crippen molar-refractivity contribution in [3.05, 3.63) is 119 Å². The zero-order valence-corrected chi connectivity index (χ0v) is 35.6. The summed E-state index contributed by atoms with van der Waals surface area (Å²) in [5.41, 5.74) is 2.76. The number of piperidine rings is 2. The lowest BCUT2D eigenvalue weighted by molar-refractivity contribution is -0.00822. The predicted molar refractivity (Wildman–Crippen MR) is 228 cm³/mol. The van der Waals surface area contributed by atoms with Crippen molar-refractivity contribution < 1.29 is 28.5 Å². The van der Waals surface area contributed by atoms with Crippen LogP contribution in [0.15, 0.2) is 97.1 Å². The van der Waals surface area contributed by atoms with Crippen LogP contribution in [0.5, 0.6) is 23.0 Å². The number of nitriles is 2. The van der Waals surface area contributed by atoms with Crippen LogP contribution in [0.2, 0.25) is 0 Å². The van der Waals surface area contributed by atoms with Crippen molar-refractivity contribution in [1.82, 2.24) is 10.2 Å². The first kappa shape index (κ1) is 45.3. The monoisotopic (exact) mass is 808 g/mol. The third-order valence-electron chi connectivity index (χ3n) is 10.8. The number of ether oxygens (including phenoxy) is 5. The van der Waals surface area contributed by atoms with Gasteiger partial charge in [0.05, 0.1) is 50.7 Å². The Labute approximate surface area is 350 Å². The third kappa shape index (κ3) is 12.0. The number of carbonyl (C=O) groups excluding carboxylic acids is 1. The summed E-state index contributed by atoms with van der Waals surface area (Å²) in [5.74, 6) is 3.69. The van der Waals surface area contributed by atoms with E-state index < -0.39 is 5.60 Å². The molecule has 2 saturated heterocycles. The Kier molecular flexibility index (Phi) is 15.9. The number of nitrogens with zero attached hydrogens (tertiary/aromatic N) is 3. The fraction of sp³-hybridized carbons (Fsp3) is 0.426. The second kappa shape index (κ2) is 20.3. The van der Waals surface area contributed by atoms with Gasteiger partial charge in [-0.3, -0.25) is 0 Å². The highest BCUT2D eigenvalue weighted by molar-refractivity contribution is 5.85. The van der Waals surface area contributed by atoms with E-state index in [4.69, 9.17) is 28.9 Å². The van der Waals surface area contributed by atoms with E-state index in [2.05, 4.69) is 55.6 Å². The molecule has 0 bridgehead atoms. The van der Waals surface area contributed by atoms with Crippen LogP contribution in [-0.2, 0) is 4.74 Å². The zero-order chi connectivity index (χ0) is 41.1. The molecule has 2 aliphatic heterocycles. The number of benzene rings is 4. The van der Waals surface area contributed by atoms with E-state index in [0.717, 1.165) is 43.2 Å². The topological polar surface area (TPSA) is 126 Å². The molecular weight excluding hydrogens is 752 g/mol. The highest BCUT2D eigenvalue weighted by Gasteiger charge is 2.44. The van der Waals surface area contributed by atoms with E-state index in [0.29, 0.717) is 49.1 Å². The van der Waals surface area contributed by atoms with Crippen LogP contribution in [0.4, 0.5) is 4.79 Å². The van der Waals surface area contributed by atoms with Crippen LogP contribution >= 0.6 is 12.4 Å².